The Labute approximate surface area is 165 Å². The van der Waals surface area contributed by atoms with Crippen molar-refractivity contribution in [3.8, 4) is 5.75 Å². The van der Waals surface area contributed by atoms with Gasteiger partial charge in [0.1, 0.15) is 5.75 Å². The molecule has 0 aliphatic carbocycles. The van der Waals surface area contributed by atoms with Crippen molar-refractivity contribution in [2.24, 2.45) is 5.41 Å². The Morgan fingerprint density at radius 3 is 2.48 bits per heavy atom. The SMILES string of the molecule is CC(C)Oc1ccc(CNC[C@@]2(CN3CCCC3)CCOC(C)(C)C2)cc1. The van der Waals surface area contributed by atoms with Gasteiger partial charge in [0, 0.05) is 31.7 Å². The summed E-state index contributed by atoms with van der Waals surface area (Å²) in [4.78, 5) is 2.67. The maximum absolute atomic E-state index is 6.03. The molecule has 152 valence electrons. The van der Waals surface area contributed by atoms with Crippen LogP contribution in [0.2, 0.25) is 0 Å². The summed E-state index contributed by atoms with van der Waals surface area (Å²) in [7, 11) is 0. The number of hydrogen-bond donors (Lipinski definition) is 1. The van der Waals surface area contributed by atoms with Crippen LogP contribution in [0.4, 0.5) is 0 Å². The van der Waals surface area contributed by atoms with Gasteiger partial charge >= 0.3 is 0 Å². The normalized spacial score (nSPS) is 25.8. The summed E-state index contributed by atoms with van der Waals surface area (Å²) in [6, 6.07) is 8.50. The van der Waals surface area contributed by atoms with Crippen molar-refractivity contribution in [2.75, 3.05) is 32.8 Å². The minimum absolute atomic E-state index is 0.0184. The van der Waals surface area contributed by atoms with Crippen LogP contribution in [0.25, 0.3) is 0 Å². The average molecular weight is 375 g/mol. The third-order valence-corrected chi connectivity index (χ3v) is 5.81. The summed E-state index contributed by atoms with van der Waals surface area (Å²) in [5, 5.41) is 3.76. The van der Waals surface area contributed by atoms with Crippen LogP contribution < -0.4 is 10.1 Å². The lowest BCUT2D eigenvalue weighted by molar-refractivity contribution is -0.110. The van der Waals surface area contributed by atoms with Gasteiger partial charge < -0.3 is 19.7 Å². The van der Waals surface area contributed by atoms with E-state index in [2.05, 4.69) is 62.2 Å². The van der Waals surface area contributed by atoms with Gasteiger partial charge in [-0.2, -0.15) is 0 Å². The quantitative estimate of drug-likeness (QED) is 0.738. The zero-order chi connectivity index (χ0) is 19.3. The lowest BCUT2D eigenvalue weighted by atomic mass is 9.73. The van der Waals surface area contributed by atoms with E-state index < -0.39 is 0 Å². The highest BCUT2D eigenvalue weighted by atomic mass is 16.5. The molecule has 0 spiro atoms. The van der Waals surface area contributed by atoms with Gasteiger partial charge in [-0.3, -0.25) is 0 Å². The van der Waals surface area contributed by atoms with Crippen LogP contribution >= 0.6 is 0 Å². The van der Waals surface area contributed by atoms with Crippen LogP contribution in [-0.4, -0.2) is 49.4 Å². The van der Waals surface area contributed by atoms with E-state index >= 15 is 0 Å². The molecule has 1 aromatic rings. The molecular weight excluding hydrogens is 336 g/mol. The van der Waals surface area contributed by atoms with E-state index in [0.717, 1.165) is 38.3 Å². The standard InChI is InChI=1S/C23H38N2O2/c1-19(2)27-21-9-7-20(8-10-21)15-24-17-23(18-25-12-5-6-13-25)11-14-26-22(3,4)16-23/h7-10,19,24H,5-6,11-18H2,1-4H3/t23-/m1/s1. The Hall–Kier alpha value is -1.10. The molecule has 4 heteroatoms. The largest absolute Gasteiger partial charge is 0.491 e. The maximum Gasteiger partial charge on any atom is 0.119 e. The average Bonchev–Trinajstić information content (AvgIpc) is 3.07. The highest BCUT2D eigenvalue weighted by Crippen LogP contribution is 2.39. The third-order valence-electron chi connectivity index (χ3n) is 5.81. The molecule has 2 aliphatic heterocycles. The predicted octanol–water partition coefficient (Wildman–Crippen LogP) is 4.23. The van der Waals surface area contributed by atoms with Gasteiger partial charge in [-0.05, 0) is 84.2 Å². The first-order valence-corrected chi connectivity index (χ1v) is 10.7. The molecule has 0 unspecified atom stereocenters. The number of nitrogens with one attached hydrogen (secondary N) is 1. The molecule has 3 rings (SSSR count). The first-order chi connectivity index (χ1) is 12.9. The minimum Gasteiger partial charge on any atom is -0.491 e. The minimum atomic E-state index is -0.0184. The molecule has 1 N–H and O–H groups in total. The highest BCUT2D eigenvalue weighted by Gasteiger charge is 2.41. The van der Waals surface area contributed by atoms with Gasteiger partial charge in [-0.1, -0.05) is 12.1 Å². The fraction of sp³-hybridized carbons (Fsp3) is 0.739. The van der Waals surface area contributed by atoms with Crippen LogP contribution in [0.15, 0.2) is 24.3 Å². The summed E-state index contributed by atoms with van der Waals surface area (Å²) < 4.78 is 11.8. The van der Waals surface area contributed by atoms with Crippen LogP contribution in [0.3, 0.4) is 0 Å². The second-order valence-electron chi connectivity index (χ2n) is 9.43. The van der Waals surface area contributed by atoms with E-state index in [-0.39, 0.29) is 11.7 Å². The molecule has 1 atom stereocenters. The maximum atomic E-state index is 6.03. The van der Waals surface area contributed by atoms with E-state index in [4.69, 9.17) is 9.47 Å². The van der Waals surface area contributed by atoms with Crippen molar-refractivity contribution < 1.29 is 9.47 Å². The van der Waals surface area contributed by atoms with E-state index in [1.165, 1.54) is 38.0 Å². The summed E-state index contributed by atoms with van der Waals surface area (Å²) >= 11 is 0. The van der Waals surface area contributed by atoms with Crippen molar-refractivity contribution >= 4 is 0 Å². The molecule has 2 aliphatic rings. The number of rotatable bonds is 8. The highest BCUT2D eigenvalue weighted by molar-refractivity contribution is 5.27. The van der Waals surface area contributed by atoms with Crippen molar-refractivity contribution in [2.45, 2.75) is 71.6 Å². The Kier molecular flexibility index (Phi) is 6.83. The van der Waals surface area contributed by atoms with Crippen LogP contribution in [0.1, 0.15) is 58.9 Å². The molecule has 4 nitrogen and oxygen atoms in total. The number of benzene rings is 1. The summed E-state index contributed by atoms with van der Waals surface area (Å²) in [6.07, 6.45) is 5.21. The molecule has 0 radical (unpaired) electrons. The lowest BCUT2D eigenvalue weighted by Gasteiger charge is -2.47. The fourth-order valence-corrected chi connectivity index (χ4v) is 4.77. The van der Waals surface area contributed by atoms with Gasteiger partial charge in [-0.15, -0.1) is 0 Å². The molecule has 2 fully saturated rings. The molecule has 0 aromatic heterocycles. The molecular formula is C23H38N2O2. The zero-order valence-corrected chi connectivity index (χ0v) is 17.7. The van der Waals surface area contributed by atoms with Crippen molar-refractivity contribution in [1.29, 1.82) is 0 Å². The van der Waals surface area contributed by atoms with E-state index in [9.17, 15) is 0 Å². The number of hydrogen-bond acceptors (Lipinski definition) is 4. The first kappa shape index (κ1) is 20.6. The summed E-state index contributed by atoms with van der Waals surface area (Å²) in [6.45, 7) is 15.2. The number of likely N-dealkylation sites (tertiary alicyclic amines) is 1. The van der Waals surface area contributed by atoms with Crippen LogP contribution in [0, 0.1) is 5.41 Å². The molecule has 2 heterocycles. The zero-order valence-electron chi connectivity index (χ0n) is 17.7. The Morgan fingerprint density at radius 2 is 1.85 bits per heavy atom. The van der Waals surface area contributed by atoms with Gasteiger partial charge in [-0.25, -0.2) is 0 Å². The van der Waals surface area contributed by atoms with Crippen LogP contribution in [0.5, 0.6) is 5.75 Å². The molecule has 1 aromatic carbocycles. The predicted molar refractivity (Wildman–Crippen MR) is 111 cm³/mol. The van der Waals surface area contributed by atoms with Gasteiger partial charge in [0.05, 0.1) is 11.7 Å². The van der Waals surface area contributed by atoms with Gasteiger partial charge in [0.15, 0.2) is 0 Å². The van der Waals surface area contributed by atoms with Gasteiger partial charge in [0.25, 0.3) is 0 Å². The Balaban J connectivity index is 1.57. The summed E-state index contributed by atoms with van der Waals surface area (Å²) in [5.74, 6) is 0.949. The molecule has 0 amide bonds. The van der Waals surface area contributed by atoms with E-state index in [1.807, 2.05) is 0 Å². The summed E-state index contributed by atoms with van der Waals surface area (Å²) in [5.41, 5.74) is 1.61. The first-order valence-electron chi connectivity index (χ1n) is 10.7. The van der Waals surface area contributed by atoms with Gasteiger partial charge in [0.2, 0.25) is 0 Å². The van der Waals surface area contributed by atoms with Crippen molar-refractivity contribution in [3.63, 3.8) is 0 Å². The molecule has 27 heavy (non-hydrogen) atoms. The monoisotopic (exact) mass is 374 g/mol. The number of ether oxygens (including phenoxy) is 2. The molecule has 0 bridgehead atoms. The Bertz CT molecular complexity index is 579. The van der Waals surface area contributed by atoms with Crippen molar-refractivity contribution in [3.05, 3.63) is 29.8 Å². The van der Waals surface area contributed by atoms with E-state index in [1.54, 1.807) is 0 Å². The van der Waals surface area contributed by atoms with Crippen molar-refractivity contribution in [1.82, 2.24) is 10.2 Å². The smallest absolute Gasteiger partial charge is 0.119 e. The fourth-order valence-electron chi connectivity index (χ4n) is 4.77. The van der Waals surface area contributed by atoms with Crippen LogP contribution in [-0.2, 0) is 11.3 Å². The Morgan fingerprint density at radius 1 is 1.15 bits per heavy atom. The molecule has 2 saturated heterocycles. The van der Waals surface area contributed by atoms with E-state index in [0.29, 0.717) is 5.41 Å². The third kappa shape index (κ3) is 6.20. The lowest BCUT2D eigenvalue weighted by Crippen LogP contribution is -2.51. The second kappa shape index (κ2) is 8.93. The topological polar surface area (TPSA) is 33.7 Å². The second-order valence-corrected chi connectivity index (χ2v) is 9.43. The molecule has 0 saturated carbocycles. The number of nitrogens with zero attached hydrogens (tertiary/aromatic N) is 1.